The van der Waals surface area contributed by atoms with Crippen molar-refractivity contribution in [3.63, 3.8) is 0 Å². The van der Waals surface area contributed by atoms with Crippen molar-refractivity contribution in [3.8, 4) is 11.5 Å². The molecular formula is C20H15N3O4. The molecule has 0 saturated heterocycles. The van der Waals surface area contributed by atoms with Gasteiger partial charge in [0.25, 0.3) is 11.6 Å². The van der Waals surface area contributed by atoms with Crippen LogP contribution in [0.2, 0.25) is 0 Å². The van der Waals surface area contributed by atoms with Crippen molar-refractivity contribution in [2.24, 2.45) is 5.10 Å². The Bertz CT molecular complexity index is 987. The van der Waals surface area contributed by atoms with Crippen LogP contribution in [0.15, 0.2) is 84.0 Å². The molecule has 134 valence electrons. The van der Waals surface area contributed by atoms with Gasteiger partial charge in [-0.15, -0.1) is 0 Å². The monoisotopic (exact) mass is 361 g/mol. The molecule has 0 bridgehead atoms. The molecule has 3 rings (SSSR count). The maximum Gasteiger partial charge on any atom is 0.271 e. The van der Waals surface area contributed by atoms with Gasteiger partial charge in [0.15, 0.2) is 0 Å². The second-order valence-electron chi connectivity index (χ2n) is 5.49. The molecule has 0 radical (unpaired) electrons. The van der Waals surface area contributed by atoms with Gasteiger partial charge < -0.3 is 4.74 Å². The highest BCUT2D eigenvalue weighted by molar-refractivity contribution is 5.95. The van der Waals surface area contributed by atoms with Gasteiger partial charge in [-0.25, -0.2) is 5.43 Å². The van der Waals surface area contributed by atoms with E-state index in [0.717, 1.165) is 5.56 Å². The molecule has 3 aromatic carbocycles. The first-order valence-electron chi connectivity index (χ1n) is 8.03. The topological polar surface area (TPSA) is 93.8 Å². The fourth-order valence-corrected chi connectivity index (χ4v) is 2.27. The second kappa shape index (κ2) is 8.39. The number of rotatable bonds is 6. The third kappa shape index (κ3) is 4.99. The molecule has 7 heteroatoms. The van der Waals surface area contributed by atoms with E-state index in [1.165, 1.54) is 30.5 Å². The number of hydrazone groups is 1. The number of nitro benzene ring substituents is 1. The summed E-state index contributed by atoms with van der Waals surface area (Å²) in [7, 11) is 0. The van der Waals surface area contributed by atoms with Crippen molar-refractivity contribution >= 4 is 17.8 Å². The highest BCUT2D eigenvalue weighted by Crippen LogP contribution is 2.21. The molecule has 0 atom stereocenters. The molecule has 1 N–H and O–H groups in total. The molecule has 0 spiro atoms. The molecule has 0 aliphatic rings. The number of carbonyl (C=O) groups excluding carboxylic acids is 1. The summed E-state index contributed by atoms with van der Waals surface area (Å²) in [6.45, 7) is 0. The fourth-order valence-electron chi connectivity index (χ4n) is 2.27. The summed E-state index contributed by atoms with van der Waals surface area (Å²) in [5.74, 6) is 0.812. The molecule has 0 fully saturated rings. The van der Waals surface area contributed by atoms with Gasteiger partial charge in [0, 0.05) is 17.7 Å². The molecule has 3 aromatic rings. The van der Waals surface area contributed by atoms with Crippen molar-refractivity contribution in [2.75, 3.05) is 0 Å². The standard InChI is InChI=1S/C20H15N3O4/c24-20(16-7-5-8-17(13-16)23(25)26)22-21-14-15-6-4-11-19(12-15)27-18-9-2-1-3-10-18/h1-14H,(H,22,24)/b21-14+. The minimum Gasteiger partial charge on any atom is -0.457 e. The van der Waals surface area contributed by atoms with Crippen molar-refractivity contribution in [3.05, 3.63) is 100 Å². The molecule has 27 heavy (non-hydrogen) atoms. The Morgan fingerprint density at radius 1 is 0.963 bits per heavy atom. The number of carbonyl (C=O) groups is 1. The number of hydrogen-bond acceptors (Lipinski definition) is 5. The predicted octanol–water partition coefficient (Wildman–Crippen LogP) is 4.15. The average molecular weight is 361 g/mol. The lowest BCUT2D eigenvalue weighted by molar-refractivity contribution is -0.384. The van der Waals surface area contributed by atoms with Crippen LogP contribution in [0.4, 0.5) is 5.69 Å². The zero-order chi connectivity index (χ0) is 19.1. The Labute approximate surface area is 155 Å². The Morgan fingerprint density at radius 2 is 1.70 bits per heavy atom. The van der Waals surface area contributed by atoms with Crippen LogP contribution < -0.4 is 10.2 Å². The van der Waals surface area contributed by atoms with Gasteiger partial charge in [-0.3, -0.25) is 14.9 Å². The predicted molar refractivity (Wildman–Crippen MR) is 101 cm³/mol. The number of para-hydroxylation sites is 1. The van der Waals surface area contributed by atoms with E-state index in [1.807, 2.05) is 42.5 Å². The summed E-state index contributed by atoms with van der Waals surface area (Å²) < 4.78 is 5.74. The molecule has 0 unspecified atom stereocenters. The maximum absolute atomic E-state index is 12.0. The highest BCUT2D eigenvalue weighted by atomic mass is 16.6. The first-order valence-corrected chi connectivity index (χ1v) is 8.03. The van der Waals surface area contributed by atoms with Gasteiger partial charge in [-0.05, 0) is 35.9 Å². The largest absolute Gasteiger partial charge is 0.457 e. The summed E-state index contributed by atoms with van der Waals surface area (Å²) in [5.41, 5.74) is 3.07. The quantitative estimate of drug-likeness (QED) is 0.405. The normalized spacial score (nSPS) is 10.5. The van der Waals surface area contributed by atoms with Crippen LogP contribution >= 0.6 is 0 Å². The van der Waals surface area contributed by atoms with Crippen molar-refractivity contribution in [2.45, 2.75) is 0 Å². The highest BCUT2D eigenvalue weighted by Gasteiger charge is 2.10. The molecule has 0 aliphatic carbocycles. The van der Waals surface area contributed by atoms with Crippen LogP contribution in [0.1, 0.15) is 15.9 Å². The molecule has 0 aromatic heterocycles. The van der Waals surface area contributed by atoms with Crippen LogP contribution in [-0.4, -0.2) is 17.0 Å². The van der Waals surface area contributed by atoms with E-state index < -0.39 is 10.8 Å². The van der Waals surface area contributed by atoms with Crippen molar-refractivity contribution in [1.82, 2.24) is 5.43 Å². The van der Waals surface area contributed by atoms with E-state index in [4.69, 9.17) is 4.74 Å². The molecule has 0 saturated carbocycles. The zero-order valence-corrected chi connectivity index (χ0v) is 14.1. The van der Waals surface area contributed by atoms with Crippen molar-refractivity contribution < 1.29 is 14.5 Å². The van der Waals surface area contributed by atoms with E-state index in [1.54, 1.807) is 12.1 Å². The van der Waals surface area contributed by atoms with E-state index in [9.17, 15) is 14.9 Å². The smallest absolute Gasteiger partial charge is 0.271 e. The summed E-state index contributed by atoms with van der Waals surface area (Å²) in [6, 6.07) is 22.0. The number of hydrogen-bond donors (Lipinski definition) is 1. The molecular weight excluding hydrogens is 346 g/mol. The van der Waals surface area contributed by atoms with E-state index in [-0.39, 0.29) is 11.3 Å². The number of ether oxygens (including phenoxy) is 1. The summed E-state index contributed by atoms with van der Waals surface area (Å²) >= 11 is 0. The Morgan fingerprint density at radius 3 is 2.48 bits per heavy atom. The molecule has 1 amide bonds. The summed E-state index contributed by atoms with van der Waals surface area (Å²) in [6.07, 6.45) is 1.47. The minimum atomic E-state index is -0.557. The Hall–Kier alpha value is -4.00. The van der Waals surface area contributed by atoms with Crippen LogP contribution in [0.5, 0.6) is 11.5 Å². The van der Waals surface area contributed by atoms with Gasteiger partial charge in [0.2, 0.25) is 0 Å². The van der Waals surface area contributed by atoms with Crippen LogP contribution in [0, 0.1) is 10.1 Å². The van der Waals surface area contributed by atoms with E-state index in [0.29, 0.717) is 11.5 Å². The summed E-state index contributed by atoms with van der Waals surface area (Å²) in [5, 5.41) is 14.7. The van der Waals surface area contributed by atoms with Gasteiger partial charge in [0.1, 0.15) is 11.5 Å². The van der Waals surface area contributed by atoms with Crippen molar-refractivity contribution in [1.29, 1.82) is 0 Å². The molecule has 7 nitrogen and oxygen atoms in total. The second-order valence-corrected chi connectivity index (χ2v) is 5.49. The SMILES string of the molecule is O=C(N/N=C/c1cccc(Oc2ccccc2)c1)c1cccc([N+](=O)[O-])c1. The zero-order valence-electron chi connectivity index (χ0n) is 14.1. The lowest BCUT2D eigenvalue weighted by Gasteiger charge is -2.05. The van der Waals surface area contributed by atoms with Crippen LogP contribution in [-0.2, 0) is 0 Å². The Kier molecular flexibility index (Phi) is 5.54. The first kappa shape index (κ1) is 17.8. The lowest BCUT2D eigenvalue weighted by atomic mass is 10.2. The van der Waals surface area contributed by atoms with Gasteiger partial charge >= 0.3 is 0 Å². The maximum atomic E-state index is 12.0. The van der Waals surface area contributed by atoms with Crippen LogP contribution in [0.25, 0.3) is 0 Å². The number of benzene rings is 3. The average Bonchev–Trinajstić information content (AvgIpc) is 2.69. The number of non-ortho nitro benzene ring substituents is 1. The first-order chi connectivity index (χ1) is 13.1. The minimum absolute atomic E-state index is 0.155. The third-order valence-electron chi connectivity index (χ3n) is 3.54. The molecule has 0 aliphatic heterocycles. The molecule has 0 heterocycles. The number of amides is 1. The van der Waals surface area contributed by atoms with E-state index in [2.05, 4.69) is 10.5 Å². The number of nitrogens with zero attached hydrogens (tertiary/aromatic N) is 2. The summed E-state index contributed by atoms with van der Waals surface area (Å²) in [4.78, 5) is 22.3. The lowest BCUT2D eigenvalue weighted by Crippen LogP contribution is -2.17. The third-order valence-corrected chi connectivity index (χ3v) is 3.54. The van der Waals surface area contributed by atoms with Gasteiger partial charge in [0.05, 0.1) is 11.1 Å². The Balaban J connectivity index is 1.64. The van der Waals surface area contributed by atoms with E-state index >= 15 is 0 Å². The fraction of sp³-hybridized carbons (Fsp3) is 0. The number of nitrogens with one attached hydrogen (secondary N) is 1. The number of nitro groups is 1. The van der Waals surface area contributed by atoms with Gasteiger partial charge in [-0.2, -0.15) is 5.10 Å². The van der Waals surface area contributed by atoms with Crippen LogP contribution in [0.3, 0.4) is 0 Å². The van der Waals surface area contributed by atoms with Gasteiger partial charge in [-0.1, -0.05) is 36.4 Å².